The molecule has 0 aromatic heterocycles. The number of cyclic esters (lactones) is 2. The van der Waals surface area contributed by atoms with Gasteiger partial charge in [-0.15, -0.1) is 0 Å². The van der Waals surface area contributed by atoms with E-state index in [1.807, 2.05) is 27.7 Å². The van der Waals surface area contributed by atoms with E-state index in [1.54, 1.807) is 52.0 Å². The Hall–Kier alpha value is -6.16. The molecule has 3 fully saturated rings. The van der Waals surface area contributed by atoms with Gasteiger partial charge in [0, 0.05) is 33.6 Å². The average Bonchev–Trinajstić information content (AvgIpc) is 4.13. The summed E-state index contributed by atoms with van der Waals surface area (Å²) in [6, 6.07) is -2.19. The lowest BCUT2D eigenvalue weighted by Crippen LogP contribution is -2.62. The number of hydrogen-bond acceptors (Lipinski definition) is 15. The largest absolute Gasteiger partial charge is 0.497 e. The van der Waals surface area contributed by atoms with Crippen LogP contribution in [-0.2, 0) is 63.8 Å². The molecule has 79 heavy (non-hydrogen) atoms. The molecule has 442 valence electrons. The fraction of sp³-hybridized carbons (Fsp3) is 0.719. The first-order chi connectivity index (χ1) is 37.0. The maximum atomic E-state index is 15.0. The molecule has 3 heterocycles. The first-order valence-electron chi connectivity index (χ1n) is 28.0. The summed E-state index contributed by atoms with van der Waals surface area (Å²) in [4.78, 5) is 149. The Balaban J connectivity index is 1.89. The summed E-state index contributed by atoms with van der Waals surface area (Å²) >= 11 is 0. The van der Waals surface area contributed by atoms with E-state index < -0.39 is 150 Å². The highest BCUT2D eigenvalue weighted by Crippen LogP contribution is 2.27. The Labute approximate surface area is 465 Å². The van der Waals surface area contributed by atoms with Gasteiger partial charge in [0.05, 0.1) is 31.6 Å². The van der Waals surface area contributed by atoms with Crippen LogP contribution in [-0.4, -0.2) is 190 Å². The van der Waals surface area contributed by atoms with Gasteiger partial charge >= 0.3 is 11.9 Å². The van der Waals surface area contributed by atoms with Gasteiger partial charge in [0.25, 0.3) is 5.91 Å². The van der Waals surface area contributed by atoms with Gasteiger partial charge in [-0.25, -0.2) is 4.79 Å². The Morgan fingerprint density at radius 1 is 0.861 bits per heavy atom. The third-order valence-electron chi connectivity index (χ3n) is 15.5. The number of likely N-dealkylation sites (N-methyl/N-ethyl adjacent to an activating group) is 2. The van der Waals surface area contributed by atoms with Gasteiger partial charge < -0.3 is 60.0 Å². The molecule has 22 nitrogen and oxygen atoms in total. The van der Waals surface area contributed by atoms with Crippen molar-refractivity contribution in [2.75, 3.05) is 34.3 Å². The van der Waals surface area contributed by atoms with Crippen molar-refractivity contribution >= 4 is 59.1 Å². The molecule has 0 spiro atoms. The predicted octanol–water partition coefficient (Wildman–Crippen LogP) is 2.32. The number of fused-ring (bicyclic) bond motifs is 1. The summed E-state index contributed by atoms with van der Waals surface area (Å²) in [6.07, 6.45) is -4.99. The number of carbonyl (C=O) groups is 10. The Kier molecular flexibility index (Phi) is 24.3. The second-order valence-corrected chi connectivity index (χ2v) is 23.0. The molecule has 4 rings (SSSR count). The number of rotatable bonds is 15. The number of benzene rings is 1. The van der Waals surface area contributed by atoms with Crippen molar-refractivity contribution in [2.24, 2.45) is 29.6 Å². The number of nitrogens with one attached hydrogen (secondary N) is 3. The molecule has 0 saturated carbocycles. The first kappa shape index (κ1) is 65.4. The van der Waals surface area contributed by atoms with Crippen molar-refractivity contribution in [2.45, 2.75) is 201 Å². The molecule has 0 radical (unpaired) electrons. The van der Waals surface area contributed by atoms with E-state index in [-0.39, 0.29) is 57.0 Å². The molecule has 0 unspecified atom stereocenters. The monoisotopic (exact) mass is 1110 g/mol. The maximum absolute atomic E-state index is 15.0. The van der Waals surface area contributed by atoms with Crippen LogP contribution in [0.25, 0.3) is 0 Å². The van der Waals surface area contributed by atoms with Gasteiger partial charge in [-0.3, -0.25) is 43.2 Å². The number of ketones is 1. The van der Waals surface area contributed by atoms with Gasteiger partial charge in [0.15, 0.2) is 11.9 Å². The zero-order valence-corrected chi connectivity index (χ0v) is 48.8. The second-order valence-electron chi connectivity index (χ2n) is 23.0. The lowest BCUT2D eigenvalue weighted by atomic mass is 9.91. The smallest absolute Gasteiger partial charge is 0.329 e. The van der Waals surface area contributed by atoms with Crippen molar-refractivity contribution in [3.05, 3.63) is 29.8 Å². The number of aliphatic hydroxyl groups is 2. The molecule has 5 N–H and O–H groups in total. The van der Waals surface area contributed by atoms with Crippen LogP contribution < -0.4 is 20.7 Å². The number of aliphatic hydroxyl groups excluding tert-OH is 2. The van der Waals surface area contributed by atoms with E-state index in [1.165, 1.54) is 61.6 Å². The van der Waals surface area contributed by atoms with Gasteiger partial charge in [-0.05, 0) is 101 Å². The molecule has 0 bridgehead atoms. The number of carbonyl (C=O) groups excluding carboxylic acids is 10. The van der Waals surface area contributed by atoms with Gasteiger partial charge in [-0.1, -0.05) is 73.9 Å². The van der Waals surface area contributed by atoms with E-state index in [0.717, 1.165) is 0 Å². The average molecular weight is 1110 g/mol. The van der Waals surface area contributed by atoms with Crippen molar-refractivity contribution in [3.63, 3.8) is 0 Å². The lowest BCUT2D eigenvalue weighted by Gasteiger charge is -2.36. The van der Waals surface area contributed by atoms with E-state index in [2.05, 4.69) is 16.0 Å². The van der Waals surface area contributed by atoms with Crippen molar-refractivity contribution in [1.29, 1.82) is 0 Å². The van der Waals surface area contributed by atoms with Crippen LogP contribution in [0.15, 0.2) is 24.3 Å². The zero-order chi connectivity index (χ0) is 59.3. The highest BCUT2D eigenvalue weighted by atomic mass is 16.6. The van der Waals surface area contributed by atoms with Crippen LogP contribution >= 0.6 is 0 Å². The Morgan fingerprint density at radius 2 is 1.49 bits per heavy atom. The summed E-state index contributed by atoms with van der Waals surface area (Å²) in [5.74, 6) is -10.3. The standard InChI is InChI=1S/C57H89N7O15/c1-15-33(8)46-44(66)29-45(67)79-49(32(6)7)48(68)34(9)50(69)58-39(26-30(2)3)54(73)64-25-17-19-41(64)56(75)62(13)43(28-37-20-22-38(77-14)23-21-37)57(76)78-36(11)47(52(71)59-46)60-51(70)42(27-31(4)5)61(12)55(74)40-18-16-24-63(40)53(72)35(10)65/h20-23,30-36,39-44,46-47,49,65-66H,15-19,24-29H2,1-14H3,(H,58,69)(H,59,71)(H,60,70)/t33-,34-,35-,36+,39-,40-,41-,42+,43-,44-,46+,47-,49+/m0/s1. The molecule has 3 aliphatic rings. The summed E-state index contributed by atoms with van der Waals surface area (Å²) in [6.45, 7) is 18.4. The van der Waals surface area contributed by atoms with Crippen LogP contribution in [0, 0.1) is 29.6 Å². The summed E-state index contributed by atoms with van der Waals surface area (Å²) in [5.41, 5.74) is 0.571. The minimum Gasteiger partial charge on any atom is -0.497 e. The van der Waals surface area contributed by atoms with Crippen LogP contribution in [0.4, 0.5) is 0 Å². The highest BCUT2D eigenvalue weighted by molar-refractivity contribution is 6.05. The van der Waals surface area contributed by atoms with E-state index >= 15 is 4.79 Å². The second kappa shape index (κ2) is 29.3. The summed E-state index contributed by atoms with van der Waals surface area (Å²) in [7, 11) is 4.29. The number of esters is 2. The Morgan fingerprint density at radius 3 is 2.06 bits per heavy atom. The number of likely N-dealkylation sites (tertiary alicyclic amines) is 1. The Bertz CT molecular complexity index is 2330. The van der Waals surface area contributed by atoms with Gasteiger partial charge in [-0.2, -0.15) is 0 Å². The fourth-order valence-electron chi connectivity index (χ4n) is 10.5. The van der Waals surface area contributed by atoms with Crippen LogP contribution in [0.3, 0.4) is 0 Å². The third-order valence-corrected chi connectivity index (χ3v) is 15.5. The SMILES string of the molecule is CC[C@H](C)[C@H]1NC(=O)[C@@H](NC(=O)[C@@H](CC(C)C)N(C)C(=O)[C@@H]2CCCN2C(=O)[C@H](C)O)[C@@H](C)OC(=O)[C@H](Cc2ccc(OC)cc2)N(C)C(=O)[C@@H]2CCCN2C(=O)[C@H](CC(C)C)NC(=O)[C@@H](C)C(=O)[C@@H](C(C)C)OC(=O)C[C@@H]1O. The number of methoxy groups -OCH3 is 1. The minimum absolute atomic E-state index is 0.0720. The first-order valence-corrected chi connectivity index (χ1v) is 28.0. The third kappa shape index (κ3) is 16.9. The van der Waals surface area contributed by atoms with Crippen LogP contribution in [0.1, 0.15) is 133 Å². The highest BCUT2D eigenvalue weighted by Gasteiger charge is 2.46. The molecular weight excluding hydrogens is 1020 g/mol. The van der Waals surface area contributed by atoms with Crippen molar-refractivity contribution < 1.29 is 72.4 Å². The molecule has 1 aromatic carbocycles. The number of ether oxygens (including phenoxy) is 3. The number of hydrogen-bond donors (Lipinski definition) is 5. The van der Waals surface area contributed by atoms with E-state index in [0.29, 0.717) is 30.6 Å². The molecule has 3 saturated heterocycles. The molecule has 7 amide bonds. The number of Topliss-reactive ketones (excluding diaryl/α,β-unsaturated/α-hetero) is 1. The zero-order valence-electron chi connectivity index (χ0n) is 48.8. The molecule has 3 aliphatic heterocycles. The number of amides is 7. The predicted molar refractivity (Wildman–Crippen MR) is 290 cm³/mol. The van der Waals surface area contributed by atoms with E-state index in [4.69, 9.17) is 14.2 Å². The van der Waals surface area contributed by atoms with Crippen molar-refractivity contribution in [1.82, 2.24) is 35.6 Å². The minimum atomic E-state index is -1.76. The number of nitrogens with zero attached hydrogens (tertiary/aromatic N) is 4. The molecule has 13 atom stereocenters. The van der Waals surface area contributed by atoms with Crippen molar-refractivity contribution in [3.8, 4) is 5.75 Å². The summed E-state index contributed by atoms with van der Waals surface area (Å²) in [5, 5.41) is 30.2. The molecule has 1 aromatic rings. The molecule has 22 heteroatoms. The topological polar surface area (TPSA) is 288 Å². The molecule has 0 aliphatic carbocycles. The van der Waals surface area contributed by atoms with Gasteiger partial charge in [0.2, 0.25) is 35.4 Å². The van der Waals surface area contributed by atoms with Gasteiger partial charge in [0.1, 0.15) is 54.2 Å². The van der Waals surface area contributed by atoms with Crippen LogP contribution in [0.5, 0.6) is 5.75 Å². The quantitative estimate of drug-likeness (QED) is 0.124. The maximum Gasteiger partial charge on any atom is 0.329 e. The van der Waals surface area contributed by atoms with Crippen LogP contribution in [0.2, 0.25) is 0 Å². The molecular formula is C57H89N7O15. The van der Waals surface area contributed by atoms with E-state index in [9.17, 15) is 53.4 Å². The summed E-state index contributed by atoms with van der Waals surface area (Å²) < 4.78 is 17.2. The lowest BCUT2D eigenvalue weighted by molar-refractivity contribution is -0.163. The fourth-order valence-corrected chi connectivity index (χ4v) is 10.5. The normalized spacial score (nSPS) is 27.7.